The van der Waals surface area contributed by atoms with Gasteiger partial charge in [-0.05, 0) is 13.0 Å². The molecule has 0 radical (unpaired) electrons. The summed E-state index contributed by atoms with van der Waals surface area (Å²) < 4.78 is 8.84. The first-order valence-electron chi connectivity index (χ1n) is 3.89. The Bertz CT molecular complexity index is 277. The van der Waals surface area contributed by atoms with E-state index in [-0.39, 0.29) is 5.57 Å². The van der Waals surface area contributed by atoms with Crippen molar-refractivity contribution in [2.45, 2.75) is 13.3 Å². The summed E-state index contributed by atoms with van der Waals surface area (Å²) in [5, 5.41) is 8.59. The summed E-state index contributed by atoms with van der Waals surface area (Å²) in [4.78, 5) is 21.7. The fourth-order valence-electron chi connectivity index (χ4n) is 0.600. The quantitative estimate of drug-likeness (QED) is 0.417. The van der Waals surface area contributed by atoms with Crippen LogP contribution in [0.15, 0.2) is 24.2 Å². The molecule has 1 N–H and O–H groups in total. The fraction of sp³-hybridized carbons (Fsp3) is 0.333. The highest BCUT2D eigenvalue weighted by Crippen LogP contribution is 2.04. The molecular weight excluding hydrogens is 188 g/mol. The number of aliphatic hydroxyl groups is 1. The Morgan fingerprint density at radius 3 is 2.36 bits per heavy atom. The van der Waals surface area contributed by atoms with Crippen molar-refractivity contribution in [1.29, 1.82) is 0 Å². The van der Waals surface area contributed by atoms with Crippen molar-refractivity contribution >= 4 is 11.9 Å². The van der Waals surface area contributed by atoms with Gasteiger partial charge in [0.05, 0.1) is 12.7 Å². The van der Waals surface area contributed by atoms with Gasteiger partial charge in [-0.3, -0.25) is 0 Å². The zero-order valence-electron chi connectivity index (χ0n) is 8.07. The van der Waals surface area contributed by atoms with Crippen LogP contribution in [-0.2, 0) is 19.1 Å². The first kappa shape index (κ1) is 12.2. The molecule has 0 heterocycles. The summed E-state index contributed by atoms with van der Waals surface area (Å²) in [7, 11) is 1.22. The van der Waals surface area contributed by atoms with Crippen molar-refractivity contribution < 1.29 is 24.2 Å². The van der Waals surface area contributed by atoms with Crippen LogP contribution in [-0.4, -0.2) is 24.2 Å². The van der Waals surface area contributed by atoms with E-state index < -0.39 is 17.7 Å². The average molecular weight is 200 g/mol. The molecule has 0 saturated carbocycles. The summed E-state index contributed by atoms with van der Waals surface area (Å²) in [6.45, 7) is 4.66. The highest BCUT2D eigenvalue weighted by Gasteiger charge is 2.10. The lowest BCUT2D eigenvalue weighted by atomic mass is 10.2. The van der Waals surface area contributed by atoms with Gasteiger partial charge in [0.25, 0.3) is 0 Å². The van der Waals surface area contributed by atoms with Crippen molar-refractivity contribution in [3.8, 4) is 0 Å². The minimum absolute atomic E-state index is 0.196. The minimum atomic E-state index is -1.00. The van der Waals surface area contributed by atoms with Gasteiger partial charge in [0, 0.05) is 0 Å². The Morgan fingerprint density at radius 2 is 2.00 bits per heavy atom. The lowest BCUT2D eigenvalue weighted by Gasteiger charge is -2.01. The number of hydrogen-bond donors (Lipinski definition) is 1. The number of rotatable bonds is 4. The van der Waals surface area contributed by atoms with Crippen molar-refractivity contribution in [2.24, 2.45) is 0 Å². The Labute approximate surface area is 81.6 Å². The molecule has 0 aromatic rings. The van der Waals surface area contributed by atoms with E-state index in [4.69, 9.17) is 5.11 Å². The largest absolute Gasteiger partial charge is 0.502 e. The van der Waals surface area contributed by atoms with E-state index >= 15 is 0 Å². The van der Waals surface area contributed by atoms with E-state index in [9.17, 15) is 9.59 Å². The van der Waals surface area contributed by atoms with Crippen LogP contribution in [0.25, 0.3) is 0 Å². The number of aliphatic hydroxyl groups excluding tert-OH is 1. The van der Waals surface area contributed by atoms with Gasteiger partial charge < -0.3 is 14.6 Å². The summed E-state index contributed by atoms with van der Waals surface area (Å²) >= 11 is 0. The van der Waals surface area contributed by atoms with Crippen LogP contribution >= 0.6 is 0 Å². The molecule has 0 saturated heterocycles. The number of methoxy groups -OCH3 is 1. The second-order valence-corrected chi connectivity index (χ2v) is 2.34. The van der Waals surface area contributed by atoms with Crippen LogP contribution in [0.1, 0.15) is 13.3 Å². The van der Waals surface area contributed by atoms with Gasteiger partial charge in [-0.1, -0.05) is 6.92 Å². The van der Waals surface area contributed by atoms with Crippen LogP contribution in [0, 0.1) is 0 Å². The smallest absolute Gasteiger partial charge is 0.377 e. The van der Waals surface area contributed by atoms with E-state index in [0.717, 1.165) is 6.26 Å². The summed E-state index contributed by atoms with van der Waals surface area (Å²) in [6, 6.07) is 0. The van der Waals surface area contributed by atoms with Crippen LogP contribution in [0.3, 0.4) is 0 Å². The normalized spacial score (nSPS) is 10.6. The molecule has 5 nitrogen and oxygen atoms in total. The Hall–Kier alpha value is -1.78. The van der Waals surface area contributed by atoms with Gasteiger partial charge in [-0.2, -0.15) is 0 Å². The molecule has 0 unspecified atom stereocenters. The van der Waals surface area contributed by atoms with Gasteiger partial charge in [0.1, 0.15) is 6.26 Å². The summed E-state index contributed by atoms with van der Waals surface area (Å²) in [5.74, 6) is -2.30. The maximum Gasteiger partial charge on any atom is 0.377 e. The van der Waals surface area contributed by atoms with Gasteiger partial charge in [-0.15, -0.1) is 0 Å². The second-order valence-electron chi connectivity index (χ2n) is 2.34. The lowest BCUT2D eigenvalue weighted by Crippen LogP contribution is -2.07. The molecule has 0 fully saturated rings. The molecule has 5 heteroatoms. The predicted molar refractivity (Wildman–Crippen MR) is 48.3 cm³/mol. The molecule has 0 aliphatic heterocycles. The zero-order chi connectivity index (χ0) is 11.1. The first-order chi connectivity index (χ1) is 6.52. The standard InChI is InChI=1S/C9H12O5/c1-4-7(9(12)13-3)5-14-8(11)6(2)10/h5,10H,2,4H2,1,3H3/b7-5+. The van der Waals surface area contributed by atoms with E-state index in [1.54, 1.807) is 6.92 Å². The molecule has 0 aromatic heterocycles. The van der Waals surface area contributed by atoms with Crippen LogP contribution in [0.4, 0.5) is 0 Å². The third-order valence-electron chi connectivity index (χ3n) is 1.37. The predicted octanol–water partition coefficient (Wildman–Crippen LogP) is 1.07. The maximum absolute atomic E-state index is 11.0. The molecule has 0 aromatic carbocycles. The molecule has 0 spiro atoms. The molecule has 0 aliphatic rings. The molecule has 0 aliphatic carbocycles. The Balaban J connectivity index is 4.40. The number of hydrogen-bond acceptors (Lipinski definition) is 5. The van der Waals surface area contributed by atoms with Gasteiger partial charge >= 0.3 is 11.9 Å². The van der Waals surface area contributed by atoms with E-state index in [0.29, 0.717) is 6.42 Å². The third kappa shape index (κ3) is 3.75. The summed E-state index contributed by atoms with van der Waals surface area (Å²) in [5.41, 5.74) is 0.196. The van der Waals surface area contributed by atoms with Crippen molar-refractivity contribution in [1.82, 2.24) is 0 Å². The first-order valence-corrected chi connectivity index (χ1v) is 3.89. The van der Waals surface area contributed by atoms with Crippen molar-refractivity contribution in [2.75, 3.05) is 7.11 Å². The highest BCUT2D eigenvalue weighted by molar-refractivity contribution is 5.89. The second kappa shape index (κ2) is 5.80. The maximum atomic E-state index is 11.0. The van der Waals surface area contributed by atoms with E-state index in [1.165, 1.54) is 7.11 Å². The molecule has 14 heavy (non-hydrogen) atoms. The van der Waals surface area contributed by atoms with Crippen LogP contribution in [0.5, 0.6) is 0 Å². The third-order valence-corrected chi connectivity index (χ3v) is 1.37. The topological polar surface area (TPSA) is 72.8 Å². The van der Waals surface area contributed by atoms with E-state index in [1.807, 2.05) is 0 Å². The van der Waals surface area contributed by atoms with Gasteiger partial charge in [0.15, 0.2) is 5.76 Å². The van der Waals surface area contributed by atoms with Crippen molar-refractivity contribution in [3.63, 3.8) is 0 Å². The number of carbonyl (C=O) groups is 2. The molecular formula is C9H12O5. The molecule has 0 rings (SSSR count). The monoisotopic (exact) mass is 200 g/mol. The number of ether oxygens (including phenoxy) is 2. The van der Waals surface area contributed by atoms with Crippen molar-refractivity contribution in [3.05, 3.63) is 24.2 Å². The minimum Gasteiger partial charge on any atom is -0.502 e. The highest BCUT2D eigenvalue weighted by atomic mass is 16.5. The Morgan fingerprint density at radius 1 is 1.43 bits per heavy atom. The van der Waals surface area contributed by atoms with Crippen LogP contribution in [0.2, 0.25) is 0 Å². The average Bonchev–Trinajstić information content (AvgIpc) is 2.17. The number of carbonyl (C=O) groups excluding carboxylic acids is 2. The molecule has 0 bridgehead atoms. The SMILES string of the molecule is C=C(O)C(=O)O/C=C(\CC)C(=O)OC. The molecule has 0 atom stereocenters. The fourth-order valence-corrected chi connectivity index (χ4v) is 0.600. The number of esters is 2. The van der Waals surface area contributed by atoms with Gasteiger partial charge in [0.2, 0.25) is 0 Å². The zero-order valence-corrected chi connectivity index (χ0v) is 8.07. The Kier molecular flexibility index (Phi) is 5.06. The molecule has 78 valence electrons. The molecule has 0 amide bonds. The van der Waals surface area contributed by atoms with E-state index in [2.05, 4.69) is 16.1 Å². The lowest BCUT2D eigenvalue weighted by molar-refractivity contribution is -0.137. The van der Waals surface area contributed by atoms with Crippen LogP contribution < -0.4 is 0 Å². The van der Waals surface area contributed by atoms with Gasteiger partial charge in [-0.25, -0.2) is 9.59 Å². The summed E-state index contributed by atoms with van der Waals surface area (Å²) in [6.07, 6.45) is 1.30.